The Morgan fingerprint density at radius 2 is 2.43 bits per heavy atom. The van der Waals surface area contributed by atoms with Gasteiger partial charge in [-0.05, 0) is 41.4 Å². The number of nitrogens with one attached hydrogen (secondary N) is 1. The summed E-state index contributed by atoms with van der Waals surface area (Å²) in [6.45, 7) is 3.74. The van der Waals surface area contributed by atoms with E-state index in [4.69, 9.17) is 4.74 Å². The highest BCUT2D eigenvalue weighted by molar-refractivity contribution is 9.10. The fourth-order valence-corrected chi connectivity index (χ4v) is 1.76. The lowest BCUT2D eigenvalue weighted by Crippen LogP contribution is -2.35. The van der Waals surface area contributed by atoms with E-state index in [0.29, 0.717) is 0 Å². The molecule has 1 saturated heterocycles. The van der Waals surface area contributed by atoms with Gasteiger partial charge in [-0.25, -0.2) is 4.98 Å². The first-order chi connectivity index (χ1) is 6.68. The van der Waals surface area contributed by atoms with Crippen LogP contribution >= 0.6 is 15.9 Å². The molecule has 1 atom stereocenters. The number of rotatable bonds is 2. The summed E-state index contributed by atoms with van der Waals surface area (Å²) < 4.78 is 6.35. The molecule has 0 spiro atoms. The second-order valence-corrected chi connectivity index (χ2v) is 4.77. The third-order valence-electron chi connectivity index (χ3n) is 2.38. The van der Waals surface area contributed by atoms with Gasteiger partial charge in [0.05, 0.1) is 12.1 Å². The van der Waals surface area contributed by atoms with Gasteiger partial charge in [-0.1, -0.05) is 0 Å². The fourth-order valence-electron chi connectivity index (χ4n) is 1.52. The molecular weight excluding hydrogens is 244 g/mol. The van der Waals surface area contributed by atoms with Gasteiger partial charge in [0.25, 0.3) is 0 Å². The van der Waals surface area contributed by atoms with Crippen LogP contribution in [0.2, 0.25) is 0 Å². The Balaban J connectivity index is 2.06. The standard InChI is InChI=1S/C10H13BrN2O/c1-10(4-5-14-7-10)13-9-3-2-8(11)6-12-9/h2-3,6H,4-5,7H2,1H3,(H,12,13). The molecular formula is C10H13BrN2O. The molecule has 1 unspecified atom stereocenters. The number of halogens is 1. The van der Waals surface area contributed by atoms with Gasteiger partial charge < -0.3 is 10.1 Å². The van der Waals surface area contributed by atoms with Crippen molar-refractivity contribution in [3.05, 3.63) is 22.8 Å². The van der Waals surface area contributed by atoms with Crippen molar-refractivity contribution in [1.82, 2.24) is 4.98 Å². The van der Waals surface area contributed by atoms with E-state index in [0.717, 1.165) is 29.9 Å². The van der Waals surface area contributed by atoms with Crippen LogP contribution in [0.4, 0.5) is 5.82 Å². The Hall–Kier alpha value is -0.610. The van der Waals surface area contributed by atoms with E-state index < -0.39 is 0 Å². The molecule has 76 valence electrons. The van der Waals surface area contributed by atoms with Gasteiger partial charge in [-0.2, -0.15) is 0 Å². The van der Waals surface area contributed by atoms with Gasteiger partial charge in [-0.3, -0.25) is 0 Å². The second kappa shape index (κ2) is 3.87. The summed E-state index contributed by atoms with van der Waals surface area (Å²) in [5, 5.41) is 3.39. The molecule has 1 aliphatic rings. The first-order valence-electron chi connectivity index (χ1n) is 4.65. The van der Waals surface area contributed by atoms with E-state index in [1.807, 2.05) is 12.1 Å². The van der Waals surface area contributed by atoms with Crippen molar-refractivity contribution in [1.29, 1.82) is 0 Å². The Labute approximate surface area is 92.0 Å². The second-order valence-electron chi connectivity index (χ2n) is 3.85. The number of pyridine rings is 1. The third-order valence-corrected chi connectivity index (χ3v) is 2.85. The number of aromatic nitrogens is 1. The van der Waals surface area contributed by atoms with Crippen LogP contribution in [0.5, 0.6) is 0 Å². The van der Waals surface area contributed by atoms with Crippen LogP contribution in [0.15, 0.2) is 22.8 Å². The number of hydrogen-bond acceptors (Lipinski definition) is 3. The topological polar surface area (TPSA) is 34.2 Å². The Kier molecular flexibility index (Phi) is 2.74. The largest absolute Gasteiger partial charge is 0.379 e. The minimum Gasteiger partial charge on any atom is -0.379 e. The molecule has 1 aromatic heterocycles. The summed E-state index contributed by atoms with van der Waals surface area (Å²) in [6.07, 6.45) is 2.83. The minimum absolute atomic E-state index is 0.0425. The minimum atomic E-state index is 0.0425. The van der Waals surface area contributed by atoms with Crippen molar-refractivity contribution >= 4 is 21.7 Å². The number of nitrogens with zero attached hydrogens (tertiary/aromatic N) is 1. The van der Waals surface area contributed by atoms with Crippen LogP contribution in [0.3, 0.4) is 0 Å². The highest BCUT2D eigenvalue weighted by atomic mass is 79.9. The average molecular weight is 257 g/mol. The Morgan fingerprint density at radius 3 is 3.00 bits per heavy atom. The van der Waals surface area contributed by atoms with Gasteiger partial charge in [0.2, 0.25) is 0 Å². The molecule has 14 heavy (non-hydrogen) atoms. The SMILES string of the molecule is CC1(Nc2ccc(Br)cn2)CCOC1. The monoisotopic (exact) mass is 256 g/mol. The maximum Gasteiger partial charge on any atom is 0.126 e. The average Bonchev–Trinajstić information content (AvgIpc) is 2.57. The van der Waals surface area contributed by atoms with Crippen molar-refractivity contribution in [2.45, 2.75) is 18.9 Å². The lowest BCUT2D eigenvalue weighted by molar-refractivity contribution is 0.185. The van der Waals surface area contributed by atoms with Crippen molar-refractivity contribution in [3.8, 4) is 0 Å². The Bertz CT molecular complexity index is 306. The van der Waals surface area contributed by atoms with E-state index in [9.17, 15) is 0 Å². The molecule has 0 aromatic carbocycles. The number of anilines is 1. The zero-order chi connectivity index (χ0) is 10.0. The molecule has 1 aromatic rings. The van der Waals surface area contributed by atoms with Gasteiger partial charge in [0, 0.05) is 17.3 Å². The normalized spacial score (nSPS) is 26.4. The van der Waals surface area contributed by atoms with E-state index in [1.54, 1.807) is 6.20 Å². The lowest BCUT2D eigenvalue weighted by atomic mass is 10.0. The lowest BCUT2D eigenvalue weighted by Gasteiger charge is -2.24. The van der Waals surface area contributed by atoms with Crippen molar-refractivity contribution in [2.24, 2.45) is 0 Å². The summed E-state index contributed by atoms with van der Waals surface area (Å²) in [5.41, 5.74) is 0.0425. The molecule has 3 nitrogen and oxygen atoms in total. The van der Waals surface area contributed by atoms with Gasteiger partial charge >= 0.3 is 0 Å². The molecule has 2 rings (SSSR count). The number of ether oxygens (including phenoxy) is 1. The summed E-state index contributed by atoms with van der Waals surface area (Å²) >= 11 is 3.36. The summed E-state index contributed by atoms with van der Waals surface area (Å²) in [6, 6.07) is 3.95. The van der Waals surface area contributed by atoms with Crippen LogP contribution in [0, 0.1) is 0 Å². The van der Waals surface area contributed by atoms with Crippen LogP contribution < -0.4 is 5.32 Å². The van der Waals surface area contributed by atoms with E-state index in [1.165, 1.54) is 0 Å². The fraction of sp³-hybridized carbons (Fsp3) is 0.500. The first kappa shape index (κ1) is 9.93. The molecule has 1 aliphatic heterocycles. The van der Waals surface area contributed by atoms with Crippen molar-refractivity contribution in [3.63, 3.8) is 0 Å². The molecule has 0 aliphatic carbocycles. The third kappa shape index (κ3) is 2.25. The van der Waals surface area contributed by atoms with E-state index in [-0.39, 0.29) is 5.54 Å². The number of hydrogen-bond donors (Lipinski definition) is 1. The van der Waals surface area contributed by atoms with Crippen molar-refractivity contribution < 1.29 is 4.74 Å². The molecule has 4 heteroatoms. The maximum atomic E-state index is 5.36. The van der Waals surface area contributed by atoms with Crippen LogP contribution in [0.1, 0.15) is 13.3 Å². The van der Waals surface area contributed by atoms with E-state index in [2.05, 4.69) is 33.2 Å². The summed E-state index contributed by atoms with van der Waals surface area (Å²) in [7, 11) is 0. The smallest absolute Gasteiger partial charge is 0.126 e. The van der Waals surface area contributed by atoms with Gasteiger partial charge in [-0.15, -0.1) is 0 Å². The molecule has 2 heterocycles. The molecule has 0 bridgehead atoms. The van der Waals surface area contributed by atoms with Gasteiger partial charge in [0.1, 0.15) is 5.82 Å². The quantitative estimate of drug-likeness (QED) is 0.883. The highest BCUT2D eigenvalue weighted by Crippen LogP contribution is 2.23. The zero-order valence-electron chi connectivity index (χ0n) is 8.09. The van der Waals surface area contributed by atoms with Gasteiger partial charge in [0.15, 0.2) is 0 Å². The molecule has 0 radical (unpaired) electrons. The van der Waals surface area contributed by atoms with Crippen LogP contribution in [-0.2, 0) is 4.74 Å². The van der Waals surface area contributed by atoms with E-state index >= 15 is 0 Å². The Morgan fingerprint density at radius 1 is 1.57 bits per heavy atom. The first-order valence-corrected chi connectivity index (χ1v) is 5.45. The zero-order valence-corrected chi connectivity index (χ0v) is 9.67. The summed E-state index contributed by atoms with van der Waals surface area (Å²) in [5.74, 6) is 0.904. The molecule has 1 N–H and O–H groups in total. The predicted octanol–water partition coefficient (Wildman–Crippen LogP) is 2.44. The maximum absolute atomic E-state index is 5.36. The molecule has 0 amide bonds. The molecule has 1 fully saturated rings. The van der Waals surface area contributed by atoms with Crippen LogP contribution in [0.25, 0.3) is 0 Å². The molecule has 0 saturated carbocycles. The van der Waals surface area contributed by atoms with Crippen LogP contribution in [-0.4, -0.2) is 23.7 Å². The summed E-state index contributed by atoms with van der Waals surface area (Å²) in [4.78, 5) is 4.27. The highest BCUT2D eigenvalue weighted by Gasteiger charge is 2.29. The predicted molar refractivity (Wildman–Crippen MR) is 59.4 cm³/mol. The van der Waals surface area contributed by atoms with Crippen molar-refractivity contribution in [2.75, 3.05) is 18.5 Å².